The third-order valence-electron chi connectivity index (χ3n) is 5.09. The van der Waals surface area contributed by atoms with Crippen LogP contribution in [-0.4, -0.2) is 31.3 Å². The van der Waals surface area contributed by atoms with E-state index in [1.807, 2.05) is 13.0 Å². The average molecular weight is 373 g/mol. The number of aromatic nitrogens is 4. The van der Waals surface area contributed by atoms with Crippen molar-refractivity contribution in [1.82, 2.24) is 19.7 Å². The summed E-state index contributed by atoms with van der Waals surface area (Å²) < 4.78 is 2.29. The van der Waals surface area contributed by atoms with Gasteiger partial charge in [0.25, 0.3) is 0 Å². The number of carbonyl (C=O) groups is 1. The van der Waals surface area contributed by atoms with Crippen molar-refractivity contribution in [3.8, 4) is 0 Å². The first-order chi connectivity index (χ1) is 12.6. The van der Waals surface area contributed by atoms with E-state index in [4.69, 9.17) is 0 Å². The molecule has 26 heavy (non-hydrogen) atoms. The van der Waals surface area contributed by atoms with E-state index in [1.165, 1.54) is 43.1 Å². The molecule has 0 atom stereocenters. The summed E-state index contributed by atoms with van der Waals surface area (Å²) in [4.78, 5) is 17.0. The van der Waals surface area contributed by atoms with Crippen molar-refractivity contribution in [1.29, 1.82) is 0 Å². The number of hydrogen-bond acceptors (Lipinski definition) is 4. The Morgan fingerprint density at radius 1 is 1.35 bits per heavy atom. The van der Waals surface area contributed by atoms with E-state index in [9.17, 15) is 4.79 Å². The standard InChI is InChI=1S/C20H28N4OS/c1-4-19-21-20(23-22-19)26-13-18(25)17-12-14(2)24(15(17)3)11-10-16-8-6-5-7-9-16/h8,12H,4-7,9-11,13H2,1-3H3,(H,21,22,23). The third kappa shape index (κ3) is 4.47. The van der Waals surface area contributed by atoms with Crippen LogP contribution in [0.4, 0.5) is 0 Å². The molecule has 0 bridgehead atoms. The monoisotopic (exact) mass is 372 g/mol. The van der Waals surface area contributed by atoms with E-state index in [0.717, 1.165) is 36.5 Å². The molecule has 0 radical (unpaired) electrons. The van der Waals surface area contributed by atoms with Crippen LogP contribution in [0.1, 0.15) is 66.6 Å². The van der Waals surface area contributed by atoms with Crippen LogP contribution in [0.5, 0.6) is 0 Å². The Kier molecular flexibility index (Phi) is 6.35. The first kappa shape index (κ1) is 19.0. The second-order valence-corrected chi connectivity index (χ2v) is 7.87. The van der Waals surface area contributed by atoms with Crippen LogP contribution < -0.4 is 0 Å². The van der Waals surface area contributed by atoms with E-state index in [0.29, 0.717) is 10.9 Å². The molecule has 3 rings (SSSR count). The van der Waals surface area contributed by atoms with Gasteiger partial charge in [-0.3, -0.25) is 9.89 Å². The maximum atomic E-state index is 12.7. The quantitative estimate of drug-likeness (QED) is 0.416. The van der Waals surface area contributed by atoms with Crippen molar-refractivity contribution < 1.29 is 4.79 Å². The van der Waals surface area contributed by atoms with E-state index < -0.39 is 0 Å². The van der Waals surface area contributed by atoms with Gasteiger partial charge in [-0.25, -0.2) is 4.98 Å². The number of ketones is 1. The number of aromatic amines is 1. The van der Waals surface area contributed by atoms with E-state index in [2.05, 4.69) is 39.7 Å². The van der Waals surface area contributed by atoms with Gasteiger partial charge in [-0.1, -0.05) is 30.3 Å². The van der Waals surface area contributed by atoms with E-state index in [-0.39, 0.29) is 5.78 Å². The lowest BCUT2D eigenvalue weighted by atomic mass is 9.97. The molecule has 2 heterocycles. The molecule has 2 aromatic heterocycles. The molecule has 0 fully saturated rings. The van der Waals surface area contributed by atoms with Gasteiger partial charge in [-0.15, -0.1) is 5.10 Å². The molecule has 1 N–H and O–H groups in total. The highest BCUT2D eigenvalue weighted by molar-refractivity contribution is 7.99. The predicted molar refractivity (Wildman–Crippen MR) is 106 cm³/mol. The van der Waals surface area contributed by atoms with E-state index >= 15 is 0 Å². The summed E-state index contributed by atoms with van der Waals surface area (Å²) in [6.07, 6.45) is 9.42. The van der Waals surface area contributed by atoms with E-state index in [1.54, 1.807) is 5.57 Å². The van der Waals surface area contributed by atoms with Gasteiger partial charge in [0.05, 0.1) is 5.75 Å². The normalized spacial score (nSPS) is 14.5. The van der Waals surface area contributed by atoms with Crippen LogP contribution in [-0.2, 0) is 13.0 Å². The molecule has 0 saturated heterocycles. The minimum atomic E-state index is 0.147. The zero-order valence-corrected chi connectivity index (χ0v) is 16.8. The summed E-state index contributed by atoms with van der Waals surface area (Å²) in [5.74, 6) is 1.38. The van der Waals surface area contributed by atoms with Gasteiger partial charge in [0.2, 0.25) is 5.16 Å². The molecule has 6 heteroatoms. The van der Waals surface area contributed by atoms with Crippen molar-refractivity contribution in [2.45, 2.75) is 71.0 Å². The molecular weight excluding hydrogens is 344 g/mol. The van der Waals surface area contributed by atoms with Crippen molar-refractivity contribution in [2.24, 2.45) is 0 Å². The van der Waals surface area contributed by atoms with Crippen LogP contribution in [0, 0.1) is 13.8 Å². The van der Waals surface area contributed by atoms with Crippen LogP contribution in [0.2, 0.25) is 0 Å². The lowest BCUT2D eigenvalue weighted by Gasteiger charge is -2.15. The molecule has 1 aliphatic rings. The number of carbonyl (C=O) groups excluding carboxylic acids is 1. The molecule has 1 aliphatic carbocycles. The highest BCUT2D eigenvalue weighted by Crippen LogP contribution is 2.24. The summed E-state index contributed by atoms with van der Waals surface area (Å²) in [7, 11) is 0. The van der Waals surface area contributed by atoms with Gasteiger partial charge in [-0.05, 0) is 52.0 Å². The van der Waals surface area contributed by atoms with Crippen molar-refractivity contribution in [3.05, 3.63) is 40.5 Å². The number of Topliss-reactive ketones (excluding diaryl/α,β-unsaturated/α-hetero) is 1. The number of H-pyrrole nitrogens is 1. The van der Waals surface area contributed by atoms with Crippen LogP contribution in [0.15, 0.2) is 22.9 Å². The molecule has 2 aromatic rings. The number of rotatable bonds is 8. The van der Waals surface area contributed by atoms with Crippen molar-refractivity contribution in [3.63, 3.8) is 0 Å². The summed E-state index contributed by atoms with van der Waals surface area (Å²) in [5, 5.41) is 7.68. The Labute approximate surface area is 159 Å². The molecule has 0 aliphatic heterocycles. The second kappa shape index (κ2) is 8.71. The maximum Gasteiger partial charge on any atom is 0.208 e. The maximum absolute atomic E-state index is 12.7. The molecule has 0 unspecified atom stereocenters. The molecular formula is C20H28N4OS. The summed E-state index contributed by atoms with van der Waals surface area (Å²) >= 11 is 1.40. The number of nitrogens with zero attached hydrogens (tertiary/aromatic N) is 3. The van der Waals surface area contributed by atoms with Gasteiger partial charge in [-0.2, -0.15) is 0 Å². The summed E-state index contributed by atoms with van der Waals surface area (Å²) in [5.41, 5.74) is 4.65. The number of aryl methyl sites for hydroxylation is 2. The number of allylic oxidation sites excluding steroid dienone is 2. The summed E-state index contributed by atoms with van der Waals surface area (Å²) in [6.45, 7) is 7.14. The molecule has 0 saturated carbocycles. The Bertz CT molecular complexity index is 803. The fourth-order valence-corrected chi connectivity index (χ4v) is 4.22. The molecule has 0 spiro atoms. The Morgan fingerprint density at radius 2 is 2.19 bits per heavy atom. The van der Waals surface area contributed by atoms with Gasteiger partial charge in [0.15, 0.2) is 5.78 Å². The van der Waals surface area contributed by atoms with Crippen molar-refractivity contribution >= 4 is 17.5 Å². The topological polar surface area (TPSA) is 63.6 Å². The van der Waals surface area contributed by atoms with Crippen LogP contribution in [0.25, 0.3) is 0 Å². The number of nitrogens with one attached hydrogen (secondary N) is 1. The lowest BCUT2D eigenvalue weighted by Crippen LogP contribution is -2.08. The predicted octanol–water partition coefficient (Wildman–Crippen LogP) is 4.65. The Hall–Kier alpha value is -1.82. The molecule has 5 nitrogen and oxygen atoms in total. The average Bonchev–Trinajstić information content (AvgIpc) is 3.23. The zero-order valence-electron chi connectivity index (χ0n) is 16.0. The summed E-state index contributed by atoms with van der Waals surface area (Å²) in [6, 6.07) is 2.03. The second-order valence-electron chi connectivity index (χ2n) is 6.92. The number of thioether (sulfide) groups is 1. The molecule has 0 aromatic carbocycles. The Balaban J connectivity index is 1.62. The first-order valence-corrected chi connectivity index (χ1v) is 10.5. The van der Waals surface area contributed by atoms with Gasteiger partial charge in [0.1, 0.15) is 5.82 Å². The Morgan fingerprint density at radius 3 is 2.88 bits per heavy atom. The fourth-order valence-electron chi connectivity index (χ4n) is 3.52. The van der Waals surface area contributed by atoms with Gasteiger partial charge < -0.3 is 4.57 Å². The smallest absolute Gasteiger partial charge is 0.208 e. The minimum absolute atomic E-state index is 0.147. The highest BCUT2D eigenvalue weighted by atomic mass is 32.2. The minimum Gasteiger partial charge on any atom is -0.348 e. The SMILES string of the molecule is CCc1nc(SCC(=O)c2cc(C)n(CCC3=CCCCC3)c2C)n[nH]1. The molecule has 140 valence electrons. The third-order valence-corrected chi connectivity index (χ3v) is 5.94. The zero-order chi connectivity index (χ0) is 18.5. The van der Waals surface area contributed by atoms with Crippen LogP contribution in [0.3, 0.4) is 0 Å². The lowest BCUT2D eigenvalue weighted by molar-refractivity contribution is 0.102. The van der Waals surface area contributed by atoms with Crippen molar-refractivity contribution in [2.75, 3.05) is 5.75 Å². The number of hydrogen-bond donors (Lipinski definition) is 1. The highest BCUT2D eigenvalue weighted by Gasteiger charge is 2.17. The van der Waals surface area contributed by atoms with Gasteiger partial charge in [0, 0.05) is 29.9 Å². The molecule has 0 amide bonds. The van der Waals surface area contributed by atoms with Crippen LogP contribution >= 0.6 is 11.8 Å². The van der Waals surface area contributed by atoms with Gasteiger partial charge >= 0.3 is 0 Å². The fraction of sp³-hybridized carbons (Fsp3) is 0.550. The first-order valence-electron chi connectivity index (χ1n) is 9.50. The largest absolute Gasteiger partial charge is 0.348 e.